The van der Waals surface area contributed by atoms with E-state index < -0.39 is 33.9 Å². The van der Waals surface area contributed by atoms with Crippen LogP contribution in [0, 0.1) is 11.8 Å². The number of benzene rings is 2. The van der Waals surface area contributed by atoms with Crippen LogP contribution in [0.1, 0.15) is 47.9 Å². The molecule has 3 atom stereocenters. The normalized spacial score (nSPS) is 19.7. The maximum atomic E-state index is 13.0. The largest absolute Gasteiger partial charge is 0.449 e. The van der Waals surface area contributed by atoms with E-state index in [-0.39, 0.29) is 22.3 Å². The van der Waals surface area contributed by atoms with Crippen LogP contribution in [0.15, 0.2) is 53.4 Å². The Morgan fingerprint density at radius 2 is 1.50 bits per heavy atom. The number of primary amides is 1. The Balaban J connectivity index is 1.61. The highest BCUT2D eigenvalue weighted by Gasteiger charge is 2.31. The molecule has 1 saturated heterocycles. The molecule has 3 rings (SSSR count). The van der Waals surface area contributed by atoms with Crippen LogP contribution in [0.2, 0.25) is 0 Å². The Bertz CT molecular complexity index is 1150. The van der Waals surface area contributed by atoms with Gasteiger partial charge in [0.2, 0.25) is 15.9 Å². The van der Waals surface area contributed by atoms with E-state index in [1.807, 2.05) is 13.8 Å². The van der Waals surface area contributed by atoms with Crippen LogP contribution in [-0.2, 0) is 19.6 Å². The Kier molecular flexibility index (Phi) is 7.73. The summed E-state index contributed by atoms with van der Waals surface area (Å²) in [5.41, 5.74) is 6.02. The lowest BCUT2D eigenvalue weighted by Gasteiger charge is -2.34. The molecule has 0 spiro atoms. The highest BCUT2D eigenvalue weighted by molar-refractivity contribution is 7.89. The van der Waals surface area contributed by atoms with Crippen molar-refractivity contribution in [3.63, 3.8) is 0 Å². The second kappa shape index (κ2) is 10.4. The molecule has 3 N–H and O–H groups in total. The SMILES string of the molecule is C[C@@H]1C[C@@H](C)CN(S(=O)(=O)c2ccc(C(=O)O[C@H](C)C(=O)Nc3ccc(C(N)=O)cc3)cc2)C1. The molecule has 2 amide bonds. The minimum absolute atomic E-state index is 0.107. The summed E-state index contributed by atoms with van der Waals surface area (Å²) in [4.78, 5) is 36.0. The average Bonchev–Trinajstić information content (AvgIpc) is 2.78. The van der Waals surface area contributed by atoms with Gasteiger partial charge in [-0.3, -0.25) is 9.59 Å². The lowest BCUT2D eigenvalue weighted by Crippen LogP contribution is -2.42. The molecule has 1 heterocycles. The average molecular weight is 488 g/mol. The van der Waals surface area contributed by atoms with Crippen LogP contribution in [0.5, 0.6) is 0 Å². The van der Waals surface area contributed by atoms with Crippen LogP contribution in [-0.4, -0.2) is 49.7 Å². The summed E-state index contributed by atoms with van der Waals surface area (Å²) in [6, 6.07) is 11.5. The van der Waals surface area contributed by atoms with Gasteiger partial charge in [-0.05, 0) is 73.7 Å². The van der Waals surface area contributed by atoms with Gasteiger partial charge in [0, 0.05) is 24.3 Å². The van der Waals surface area contributed by atoms with E-state index in [0.29, 0.717) is 24.3 Å². The fraction of sp³-hybridized carbons (Fsp3) is 0.375. The van der Waals surface area contributed by atoms with E-state index in [0.717, 1.165) is 6.42 Å². The third-order valence-electron chi connectivity index (χ3n) is 5.65. The molecule has 1 aliphatic heterocycles. The van der Waals surface area contributed by atoms with E-state index in [9.17, 15) is 22.8 Å². The van der Waals surface area contributed by atoms with Gasteiger partial charge < -0.3 is 15.8 Å². The van der Waals surface area contributed by atoms with Crippen molar-refractivity contribution in [2.75, 3.05) is 18.4 Å². The molecule has 0 aliphatic carbocycles. The Hall–Kier alpha value is -3.24. The monoisotopic (exact) mass is 487 g/mol. The summed E-state index contributed by atoms with van der Waals surface area (Å²) in [5.74, 6) is -1.34. The molecule has 1 aliphatic rings. The van der Waals surface area contributed by atoms with Crippen LogP contribution in [0.4, 0.5) is 5.69 Å². The zero-order chi connectivity index (χ0) is 25.0. The number of esters is 1. The summed E-state index contributed by atoms with van der Waals surface area (Å²) >= 11 is 0. The number of anilines is 1. The van der Waals surface area contributed by atoms with E-state index in [2.05, 4.69) is 5.32 Å². The van der Waals surface area contributed by atoms with Crippen molar-refractivity contribution < 1.29 is 27.5 Å². The number of hydrogen-bond donors (Lipinski definition) is 2. The number of amides is 2. The van der Waals surface area contributed by atoms with Gasteiger partial charge in [0.15, 0.2) is 6.10 Å². The first-order valence-electron chi connectivity index (χ1n) is 11.0. The number of piperidine rings is 1. The quantitative estimate of drug-likeness (QED) is 0.576. The van der Waals surface area contributed by atoms with E-state index in [4.69, 9.17) is 10.5 Å². The zero-order valence-corrected chi connectivity index (χ0v) is 20.2. The fourth-order valence-electron chi connectivity index (χ4n) is 3.96. The number of carbonyl (C=O) groups excluding carboxylic acids is 3. The molecular formula is C24H29N3O6S. The standard InChI is InChI=1S/C24H29N3O6S/c1-15-12-16(2)14-27(13-15)34(31,32)21-10-6-19(7-11-21)24(30)33-17(3)23(29)26-20-8-4-18(5-9-20)22(25)28/h4-11,15-17H,12-14H2,1-3H3,(H2,25,28)(H,26,29)/t15-,16-,17-/m1/s1. The van der Waals surface area contributed by atoms with Gasteiger partial charge in [-0.25, -0.2) is 13.2 Å². The smallest absolute Gasteiger partial charge is 0.338 e. The van der Waals surface area contributed by atoms with Gasteiger partial charge in [0.1, 0.15) is 0 Å². The minimum atomic E-state index is -3.66. The second-order valence-corrected chi connectivity index (χ2v) is 10.7. The van der Waals surface area contributed by atoms with Crippen molar-refractivity contribution in [2.24, 2.45) is 17.6 Å². The molecule has 1 fully saturated rings. The molecule has 9 nitrogen and oxygen atoms in total. The first-order chi connectivity index (χ1) is 16.0. The highest BCUT2D eigenvalue weighted by Crippen LogP contribution is 2.27. The third kappa shape index (κ3) is 6.00. The van der Waals surface area contributed by atoms with Gasteiger partial charge in [-0.15, -0.1) is 0 Å². The molecule has 34 heavy (non-hydrogen) atoms. The number of nitrogens with zero attached hydrogens (tertiary/aromatic N) is 1. The van der Waals surface area contributed by atoms with Crippen LogP contribution in [0.3, 0.4) is 0 Å². The molecule has 0 aromatic heterocycles. The van der Waals surface area contributed by atoms with Crippen molar-refractivity contribution >= 4 is 33.5 Å². The number of nitrogens with one attached hydrogen (secondary N) is 1. The molecule has 0 bridgehead atoms. The highest BCUT2D eigenvalue weighted by atomic mass is 32.2. The van der Waals surface area contributed by atoms with E-state index >= 15 is 0 Å². The third-order valence-corrected chi connectivity index (χ3v) is 7.50. The summed E-state index contributed by atoms with van der Waals surface area (Å²) in [5, 5.41) is 2.58. The van der Waals surface area contributed by atoms with Crippen molar-refractivity contribution in [2.45, 2.75) is 38.2 Å². The predicted molar refractivity (Wildman–Crippen MR) is 127 cm³/mol. The maximum Gasteiger partial charge on any atom is 0.338 e. The van der Waals surface area contributed by atoms with Crippen LogP contribution < -0.4 is 11.1 Å². The number of carbonyl (C=O) groups is 3. The number of nitrogens with two attached hydrogens (primary N) is 1. The summed E-state index contributed by atoms with van der Waals surface area (Å²) < 4.78 is 32.7. The van der Waals surface area contributed by atoms with E-state index in [1.165, 1.54) is 59.8 Å². The van der Waals surface area contributed by atoms with Crippen molar-refractivity contribution in [1.82, 2.24) is 4.31 Å². The Morgan fingerprint density at radius 1 is 0.971 bits per heavy atom. The number of hydrogen-bond acceptors (Lipinski definition) is 6. The first-order valence-corrected chi connectivity index (χ1v) is 12.4. The summed E-state index contributed by atoms with van der Waals surface area (Å²) in [6.07, 6.45) is -0.121. The van der Waals surface area contributed by atoms with Gasteiger partial charge in [-0.1, -0.05) is 13.8 Å². The predicted octanol–water partition coefficient (Wildman–Crippen LogP) is 2.64. The zero-order valence-electron chi connectivity index (χ0n) is 19.4. The van der Waals surface area contributed by atoms with Crippen molar-refractivity contribution in [3.8, 4) is 0 Å². The fourth-order valence-corrected chi connectivity index (χ4v) is 5.64. The van der Waals surface area contributed by atoms with Crippen LogP contribution >= 0.6 is 0 Å². The number of sulfonamides is 1. The molecule has 0 saturated carbocycles. The second-order valence-electron chi connectivity index (χ2n) is 8.77. The van der Waals surface area contributed by atoms with Crippen molar-refractivity contribution in [3.05, 3.63) is 59.7 Å². The Morgan fingerprint density at radius 3 is 2.03 bits per heavy atom. The number of ether oxygens (including phenoxy) is 1. The molecule has 0 unspecified atom stereocenters. The number of rotatable bonds is 7. The molecule has 2 aromatic rings. The molecule has 10 heteroatoms. The summed E-state index contributed by atoms with van der Waals surface area (Å²) in [7, 11) is -3.66. The van der Waals surface area contributed by atoms with Gasteiger partial charge in [0.05, 0.1) is 10.5 Å². The lowest BCUT2D eigenvalue weighted by molar-refractivity contribution is -0.123. The Labute approximate surface area is 199 Å². The maximum absolute atomic E-state index is 13.0. The van der Waals surface area contributed by atoms with Gasteiger partial charge in [-0.2, -0.15) is 4.31 Å². The molecular weight excluding hydrogens is 458 g/mol. The summed E-state index contributed by atoms with van der Waals surface area (Å²) in [6.45, 7) is 6.42. The topological polar surface area (TPSA) is 136 Å². The van der Waals surface area contributed by atoms with Crippen molar-refractivity contribution in [1.29, 1.82) is 0 Å². The molecule has 182 valence electrons. The lowest BCUT2D eigenvalue weighted by atomic mass is 9.94. The minimum Gasteiger partial charge on any atom is -0.449 e. The first kappa shape index (κ1) is 25.4. The van der Waals surface area contributed by atoms with Gasteiger partial charge >= 0.3 is 5.97 Å². The molecule has 2 aromatic carbocycles. The molecule has 0 radical (unpaired) electrons. The van der Waals surface area contributed by atoms with Crippen LogP contribution in [0.25, 0.3) is 0 Å². The van der Waals surface area contributed by atoms with E-state index in [1.54, 1.807) is 0 Å². The van der Waals surface area contributed by atoms with Gasteiger partial charge in [0.25, 0.3) is 5.91 Å².